The van der Waals surface area contributed by atoms with Crippen LogP contribution in [0.2, 0.25) is 0 Å². The zero-order valence-corrected chi connectivity index (χ0v) is 15.7. The van der Waals surface area contributed by atoms with Gasteiger partial charge in [-0.2, -0.15) is 0 Å². The Kier molecular flexibility index (Phi) is 5.95. The van der Waals surface area contributed by atoms with Crippen LogP contribution in [0.25, 0.3) is 0 Å². The van der Waals surface area contributed by atoms with Crippen molar-refractivity contribution in [1.29, 1.82) is 0 Å². The van der Waals surface area contributed by atoms with Crippen LogP contribution >= 0.6 is 0 Å². The Morgan fingerprint density at radius 1 is 1.22 bits per heavy atom. The minimum absolute atomic E-state index is 0.153. The van der Waals surface area contributed by atoms with Crippen molar-refractivity contribution in [3.63, 3.8) is 0 Å². The highest BCUT2D eigenvalue weighted by molar-refractivity contribution is 7.89. The molecule has 7 heteroatoms. The molecule has 6 nitrogen and oxygen atoms in total. The molecular formula is C16H27N3O3S. The molecule has 0 saturated heterocycles. The van der Waals surface area contributed by atoms with Crippen molar-refractivity contribution >= 4 is 21.6 Å². The highest BCUT2D eigenvalue weighted by Gasteiger charge is 2.22. The van der Waals surface area contributed by atoms with Crippen LogP contribution in [-0.4, -0.2) is 44.3 Å². The summed E-state index contributed by atoms with van der Waals surface area (Å²) in [5.74, 6) is -0.206. The fourth-order valence-corrected chi connectivity index (χ4v) is 2.99. The van der Waals surface area contributed by atoms with Gasteiger partial charge in [-0.05, 0) is 52.3 Å². The lowest BCUT2D eigenvalue weighted by Gasteiger charge is -2.25. The zero-order chi connectivity index (χ0) is 18.0. The number of carbonyl (C=O) groups excluding carboxylic acids is 1. The maximum absolute atomic E-state index is 12.3. The average molecular weight is 341 g/mol. The fourth-order valence-electron chi connectivity index (χ4n) is 2.06. The van der Waals surface area contributed by atoms with E-state index >= 15 is 0 Å². The molecule has 1 aromatic carbocycles. The third-order valence-electron chi connectivity index (χ3n) is 3.29. The maximum Gasteiger partial charge on any atom is 0.242 e. The van der Waals surface area contributed by atoms with Gasteiger partial charge in [0.25, 0.3) is 0 Å². The Balaban J connectivity index is 3.04. The molecule has 0 saturated carbocycles. The van der Waals surface area contributed by atoms with E-state index in [0.717, 1.165) is 9.87 Å². The molecular weight excluding hydrogens is 314 g/mol. The Labute approximate surface area is 139 Å². The number of nitrogens with zero attached hydrogens (tertiary/aromatic N) is 1. The highest BCUT2D eigenvalue weighted by Crippen LogP contribution is 2.22. The van der Waals surface area contributed by atoms with E-state index < -0.39 is 16.1 Å². The molecule has 1 atom stereocenters. The van der Waals surface area contributed by atoms with Crippen LogP contribution in [0.4, 0.5) is 5.69 Å². The summed E-state index contributed by atoms with van der Waals surface area (Å²) >= 11 is 0. The van der Waals surface area contributed by atoms with Gasteiger partial charge in [0, 0.05) is 25.3 Å². The van der Waals surface area contributed by atoms with E-state index in [1.54, 1.807) is 13.0 Å². The highest BCUT2D eigenvalue weighted by atomic mass is 32.2. The number of nitrogens with one attached hydrogen (secondary N) is 2. The lowest BCUT2D eigenvalue weighted by atomic mass is 10.1. The molecule has 1 amide bonds. The summed E-state index contributed by atoms with van der Waals surface area (Å²) in [7, 11) is -0.585. The Hall–Kier alpha value is -1.44. The number of anilines is 1. The predicted octanol–water partition coefficient (Wildman–Crippen LogP) is 1.96. The summed E-state index contributed by atoms with van der Waals surface area (Å²) in [6.07, 6.45) is 0. The quantitative estimate of drug-likeness (QED) is 0.858. The first-order chi connectivity index (χ1) is 10.3. The van der Waals surface area contributed by atoms with Gasteiger partial charge in [0.15, 0.2) is 0 Å². The van der Waals surface area contributed by atoms with Crippen LogP contribution in [-0.2, 0) is 14.8 Å². The normalized spacial score (nSPS) is 13.9. The zero-order valence-electron chi connectivity index (χ0n) is 14.9. The van der Waals surface area contributed by atoms with Crippen molar-refractivity contribution < 1.29 is 13.2 Å². The second-order valence-corrected chi connectivity index (χ2v) is 9.02. The lowest BCUT2D eigenvalue weighted by Crippen LogP contribution is -2.48. The Morgan fingerprint density at radius 3 is 2.26 bits per heavy atom. The van der Waals surface area contributed by atoms with E-state index in [-0.39, 0.29) is 16.3 Å². The van der Waals surface area contributed by atoms with Crippen LogP contribution < -0.4 is 10.6 Å². The third-order valence-corrected chi connectivity index (χ3v) is 5.10. The Bertz CT molecular complexity index is 676. The average Bonchev–Trinajstić information content (AvgIpc) is 2.38. The van der Waals surface area contributed by atoms with Crippen molar-refractivity contribution in [2.45, 2.75) is 51.1 Å². The SMILES string of the molecule is Cc1ccc(S(=O)(=O)N(C)C)cc1NC(=O)C(C)NC(C)(C)C. The van der Waals surface area contributed by atoms with Gasteiger partial charge in [0.2, 0.25) is 15.9 Å². The van der Waals surface area contributed by atoms with E-state index in [2.05, 4.69) is 10.6 Å². The largest absolute Gasteiger partial charge is 0.324 e. The molecule has 1 rings (SSSR count). The van der Waals surface area contributed by atoms with Gasteiger partial charge in [-0.25, -0.2) is 12.7 Å². The lowest BCUT2D eigenvalue weighted by molar-refractivity contribution is -0.118. The summed E-state index contributed by atoms with van der Waals surface area (Å²) in [6.45, 7) is 9.53. The fraction of sp³-hybridized carbons (Fsp3) is 0.562. The van der Waals surface area contributed by atoms with E-state index in [1.165, 1.54) is 26.2 Å². The second kappa shape index (κ2) is 6.98. The van der Waals surface area contributed by atoms with Crippen molar-refractivity contribution in [3.05, 3.63) is 23.8 Å². The molecule has 23 heavy (non-hydrogen) atoms. The molecule has 0 radical (unpaired) electrons. The van der Waals surface area contributed by atoms with Crippen LogP contribution in [0.3, 0.4) is 0 Å². The molecule has 0 aliphatic rings. The van der Waals surface area contributed by atoms with Gasteiger partial charge in [-0.3, -0.25) is 4.79 Å². The van der Waals surface area contributed by atoms with Gasteiger partial charge in [0.1, 0.15) is 0 Å². The molecule has 0 aliphatic carbocycles. The van der Waals surface area contributed by atoms with Crippen LogP contribution in [0, 0.1) is 6.92 Å². The summed E-state index contributed by atoms with van der Waals surface area (Å²) in [5.41, 5.74) is 1.11. The van der Waals surface area contributed by atoms with Crippen molar-refractivity contribution in [2.24, 2.45) is 0 Å². The first-order valence-electron chi connectivity index (χ1n) is 7.46. The summed E-state index contributed by atoms with van der Waals surface area (Å²) in [4.78, 5) is 12.5. The number of rotatable bonds is 5. The number of carbonyl (C=O) groups is 1. The smallest absolute Gasteiger partial charge is 0.242 e. The van der Waals surface area contributed by atoms with E-state index in [9.17, 15) is 13.2 Å². The minimum atomic E-state index is -3.53. The van der Waals surface area contributed by atoms with E-state index in [4.69, 9.17) is 0 Å². The van der Waals surface area contributed by atoms with Crippen LogP contribution in [0.5, 0.6) is 0 Å². The molecule has 0 spiro atoms. The van der Waals surface area contributed by atoms with Gasteiger partial charge >= 0.3 is 0 Å². The van der Waals surface area contributed by atoms with Gasteiger partial charge in [-0.15, -0.1) is 0 Å². The summed E-state index contributed by atoms with van der Waals surface area (Å²) in [6, 6.07) is 4.32. The number of hydrogen-bond donors (Lipinski definition) is 2. The van der Waals surface area contributed by atoms with Gasteiger partial charge < -0.3 is 10.6 Å². The van der Waals surface area contributed by atoms with Gasteiger partial charge in [0.05, 0.1) is 10.9 Å². The minimum Gasteiger partial charge on any atom is -0.324 e. The van der Waals surface area contributed by atoms with Crippen molar-refractivity contribution in [3.8, 4) is 0 Å². The summed E-state index contributed by atoms with van der Waals surface area (Å²) < 4.78 is 25.6. The van der Waals surface area contributed by atoms with Crippen molar-refractivity contribution in [2.75, 3.05) is 19.4 Å². The molecule has 0 fully saturated rings. The third kappa shape index (κ3) is 5.30. The molecule has 1 aromatic rings. The molecule has 0 aromatic heterocycles. The van der Waals surface area contributed by atoms with Crippen LogP contribution in [0.1, 0.15) is 33.3 Å². The molecule has 2 N–H and O–H groups in total. The molecule has 130 valence electrons. The standard InChI is InChI=1S/C16H27N3O3S/c1-11-8-9-13(23(21,22)19(6)7)10-14(11)17-15(20)12(2)18-16(3,4)5/h8-10,12,18H,1-7H3,(H,17,20). The van der Waals surface area contributed by atoms with Gasteiger partial charge in [-0.1, -0.05) is 6.07 Å². The molecule has 0 bridgehead atoms. The second-order valence-electron chi connectivity index (χ2n) is 6.87. The van der Waals surface area contributed by atoms with E-state index in [0.29, 0.717) is 5.69 Å². The topological polar surface area (TPSA) is 78.5 Å². The molecule has 0 heterocycles. The molecule has 1 unspecified atom stereocenters. The van der Waals surface area contributed by atoms with Crippen molar-refractivity contribution in [1.82, 2.24) is 9.62 Å². The Morgan fingerprint density at radius 2 is 1.78 bits per heavy atom. The van der Waals surface area contributed by atoms with Crippen LogP contribution in [0.15, 0.2) is 23.1 Å². The van der Waals surface area contributed by atoms with E-state index in [1.807, 2.05) is 27.7 Å². The summed E-state index contributed by atoms with van der Waals surface area (Å²) in [5, 5.41) is 5.98. The first-order valence-corrected chi connectivity index (χ1v) is 8.90. The number of hydrogen-bond acceptors (Lipinski definition) is 4. The number of sulfonamides is 1. The number of amides is 1. The molecule has 0 aliphatic heterocycles. The number of aryl methyl sites for hydroxylation is 1. The number of benzene rings is 1. The predicted molar refractivity (Wildman–Crippen MR) is 93.0 cm³/mol. The monoisotopic (exact) mass is 341 g/mol. The maximum atomic E-state index is 12.3. The first kappa shape index (κ1) is 19.6.